The second-order valence-electron chi connectivity index (χ2n) is 7.25. The molecule has 1 aliphatic rings. The molecule has 0 bridgehead atoms. The average Bonchev–Trinajstić information content (AvgIpc) is 3.08. The first-order valence-corrected chi connectivity index (χ1v) is 10.4. The van der Waals surface area contributed by atoms with Crippen LogP contribution in [0.5, 0.6) is 0 Å². The SMILES string of the molecule is CCN1CCN(CC)c2cc(/N=N/c3n(C)cc[n+]3CCCCNC)ccc21. The lowest BCUT2D eigenvalue weighted by Gasteiger charge is -2.38. The third-order valence-corrected chi connectivity index (χ3v) is 5.42. The lowest BCUT2D eigenvalue weighted by atomic mass is 10.1. The summed E-state index contributed by atoms with van der Waals surface area (Å²) in [6.45, 7) is 10.6. The molecule has 1 aromatic heterocycles. The predicted octanol–water partition coefficient (Wildman–Crippen LogP) is 3.39. The van der Waals surface area contributed by atoms with E-state index in [-0.39, 0.29) is 0 Å². The van der Waals surface area contributed by atoms with Crippen molar-refractivity contribution >= 4 is 23.0 Å². The average molecular weight is 385 g/mol. The first-order chi connectivity index (χ1) is 13.7. The summed E-state index contributed by atoms with van der Waals surface area (Å²) in [5.74, 6) is 0.879. The second kappa shape index (κ2) is 9.68. The minimum absolute atomic E-state index is 0.879. The Morgan fingerprint density at radius 1 is 1.04 bits per heavy atom. The number of imidazole rings is 1. The number of anilines is 2. The van der Waals surface area contributed by atoms with Gasteiger partial charge in [-0.2, -0.15) is 0 Å². The minimum Gasteiger partial charge on any atom is -0.368 e. The van der Waals surface area contributed by atoms with Crippen LogP contribution in [0, 0.1) is 0 Å². The zero-order valence-electron chi connectivity index (χ0n) is 17.7. The van der Waals surface area contributed by atoms with E-state index < -0.39 is 0 Å². The van der Waals surface area contributed by atoms with Gasteiger partial charge in [0.2, 0.25) is 0 Å². The Kier molecular flexibility index (Phi) is 7.03. The predicted molar refractivity (Wildman–Crippen MR) is 115 cm³/mol. The molecule has 1 aliphatic heterocycles. The molecule has 2 heterocycles. The number of unbranched alkanes of at least 4 members (excludes halogenated alkanes) is 1. The van der Waals surface area contributed by atoms with E-state index in [1.807, 2.05) is 24.9 Å². The van der Waals surface area contributed by atoms with E-state index in [2.05, 4.69) is 68.2 Å². The molecule has 0 radical (unpaired) electrons. The molecule has 1 N–H and O–H groups in total. The van der Waals surface area contributed by atoms with Crippen molar-refractivity contribution in [3.63, 3.8) is 0 Å². The quantitative estimate of drug-likeness (QED) is 0.410. The highest BCUT2D eigenvalue weighted by Crippen LogP contribution is 2.36. The molecular weight excluding hydrogens is 350 g/mol. The molecular formula is C21H34N7+. The van der Waals surface area contributed by atoms with Crippen LogP contribution in [0.2, 0.25) is 0 Å². The Hall–Kier alpha value is -2.41. The molecule has 28 heavy (non-hydrogen) atoms. The van der Waals surface area contributed by atoms with Gasteiger partial charge in [-0.1, -0.05) is 5.11 Å². The lowest BCUT2D eigenvalue weighted by molar-refractivity contribution is -0.684. The van der Waals surface area contributed by atoms with Crippen LogP contribution in [0.25, 0.3) is 0 Å². The van der Waals surface area contributed by atoms with Crippen molar-refractivity contribution in [2.45, 2.75) is 33.2 Å². The Bertz CT molecular complexity index is 796. The zero-order chi connectivity index (χ0) is 19.9. The molecule has 0 unspecified atom stereocenters. The first-order valence-electron chi connectivity index (χ1n) is 10.4. The fraction of sp³-hybridized carbons (Fsp3) is 0.571. The summed E-state index contributed by atoms with van der Waals surface area (Å²) in [4.78, 5) is 4.85. The van der Waals surface area contributed by atoms with Crippen LogP contribution < -0.4 is 19.7 Å². The maximum absolute atomic E-state index is 4.58. The van der Waals surface area contributed by atoms with Gasteiger partial charge in [0.25, 0.3) is 0 Å². The minimum atomic E-state index is 0.879. The van der Waals surface area contributed by atoms with Gasteiger partial charge in [-0.15, -0.1) is 0 Å². The molecule has 7 nitrogen and oxygen atoms in total. The lowest BCUT2D eigenvalue weighted by Crippen LogP contribution is -2.40. The van der Waals surface area contributed by atoms with Crippen LogP contribution in [0.15, 0.2) is 40.8 Å². The Morgan fingerprint density at radius 3 is 2.50 bits per heavy atom. The summed E-state index contributed by atoms with van der Waals surface area (Å²) >= 11 is 0. The molecule has 0 aliphatic carbocycles. The highest BCUT2D eigenvalue weighted by atomic mass is 15.3. The molecule has 0 saturated carbocycles. The van der Waals surface area contributed by atoms with Crippen molar-refractivity contribution in [2.24, 2.45) is 17.3 Å². The van der Waals surface area contributed by atoms with Crippen LogP contribution in [0.3, 0.4) is 0 Å². The summed E-state index contributed by atoms with van der Waals surface area (Å²) < 4.78 is 4.20. The van der Waals surface area contributed by atoms with Crippen molar-refractivity contribution in [3.8, 4) is 0 Å². The number of likely N-dealkylation sites (N-methyl/N-ethyl adjacent to an activating group) is 2. The molecule has 152 valence electrons. The standard InChI is InChI=1S/C21H34N7/c1-5-26-15-16-27(6-2)20-17-18(9-10-19(20)26)23-24-21-25(4)13-14-28(21)12-8-7-11-22-3/h9-10,13-14,17,22H,5-8,11-12,15-16H2,1-4H3/q+1. The number of nitrogens with one attached hydrogen (secondary N) is 1. The van der Waals surface area contributed by atoms with Crippen LogP contribution in [-0.4, -0.2) is 44.3 Å². The largest absolute Gasteiger partial charge is 0.421 e. The van der Waals surface area contributed by atoms with Crippen LogP contribution in [0.4, 0.5) is 23.0 Å². The maximum Gasteiger partial charge on any atom is 0.421 e. The molecule has 0 atom stereocenters. The first kappa shape index (κ1) is 20.3. The van der Waals surface area contributed by atoms with E-state index in [1.165, 1.54) is 11.4 Å². The van der Waals surface area contributed by atoms with Crippen LogP contribution in [0.1, 0.15) is 26.7 Å². The maximum atomic E-state index is 4.58. The summed E-state index contributed by atoms with van der Waals surface area (Å²) in [6.07, 6.45) is 6.39. The number of fused-ring (bicyclic) bond motifs is 1. The van der Waals surface area contributed by atoms with E-state index in [0.717, 1.165) is 63.7 Å². The normalized spacial score (nSPS) is 14.1. The van der Waals surface area contributed by atoms with E-state index in [9.17, 15) is 0 Å². The van der Waals surface area contributed by atoms with Gasteiger partial charge in [-0.3, -0.25) is 0 Å². The van der Waals surface area contributed by atoms with Crippen molar-refractivity contribution in [1.29, 1.82) is 0 Å². The van der Waals surface area contributed by atoms with E-state index in [1.54, 1.807) is 0 Å². The monoisotopic (exact) mass is 384 g/mol. The molecule has 0 saturated heterocycles. The summed E-state index contributed by atoms with van der Waals surface area (Å²) in [7, 11) is 4.01. The number of azo groups is 1. The fourth-order valence-electron chi connectivity index (χ4n) is 3.74. The number of hydrogen-bond donors (Lipinski definition) is 1. The summed E-state index contributed by atoms with van der Waals surface area (Å²) in [5.41, 5.74) is 3.46. The number of aromatic nitrogens is 2. The van der Waals surface area contributed by atoms with Gasteiger partial charge in [0.15, 0.2) is 0 Å². The van der Waals surface area contributed by atoms with Gasteiger partial charge >= 0.3 is 5.95 Å². The molecule has 7 heteroatoms. The highest BCUT2D eigenvalue weighted by molar-refractivity contribution is 5.76. The Labute approximate surface area is 168 Å². The summed E-state index contributed by atoms with van der Waals surface area (Å²) in [5, 5.41) is 12.3. The molecule has 0 fully saturated rings. The van der Waals surface area contributed by atoms with Crippen LogP contribution in [-0.2, 0) is 13.6 Å². The number of rotatable bonds is 9. The third kappa shape index (κ3) is 4.52. The molecule has 3 rings (SSSR count). The van der Waals surface area contributed by atoms with Gasteiger partial charge in [0.1, 0.15) is 5.69 Å². The number of hydrogen-bond acceptors (Lipinski definition) is 5. The number of aryl methyl sites for hydroxylation is 2. The smallest absolute Gasteiger partial charge is 0.368 e. The molecule has 0 amide bonds. The highest BCUT2D eigenvalue weighted by Gasteiger charge is 2.21. The Morgan fingerprint density at radius 2 is 1.79 bits per heavy atom. The fourth-order valence-corrected chi connectivity index (χ4v) is 3.74. The summed E-state index contributed by atoms with van der Waals surface area (Å²) in [6, 6.07) is 6.43. The van der Waals surface area contributed by atoms with E-state index in [4.69, 9.17) is 0 Å². The van der Waals surface area contributed by atoms with Crippen molar-refractivity contribution in [2.75, 3.05) is 49.6 Å². The van der Waals surface area contributed by atoms with E-state index in [0.29, 0.717) is 0 Å². The Balaban J connectivity index is 1.79. The number of nitrogens with zero attached hydrogens (tertiary/aromatic N) is 6. The third-order valence-electron chi connectivity index (χ3n) is 5.42. The topological polar surface area (TPSA) is 52.0 Å². The van der Waals surface area contributed by atoms with Crippen molar-refractivity contribution in [3.05, 3.63) is 30.6 Å². The van der Waals surface area contributed by atoms with Gasteiger partial charge in [-0.05, 0) is 58.5 Å². The molecule has 0 spiro atoms. The zero-order valence-corrected chi connectivity index (χ0v) is 17.7. The van der Waals surface area contributed by atoms with E-state index >= 15 is 0 Å². The van der Waals surface area contributed by atoms with Gasteiger partial charge in [-0.25, -0.2) is 9.13 Å². The second-order valence-corrected chi connectivity index (χ2v) is 7.25. The molecule has 2 aromatic rings. The van der Waals surface area contributed by atoms with Gasteiger partial charge in [0, 0.05) is 31.3 Å². The van der Waals surface area contributed by atoms with Gasteiger partial charge < -0.3 is 15.1 Å². The van der Waals surface area contributed by atoms with Crippen LogP contribution >= 0.6 is 0 Å². The van der Waals surface area contributed by atoms with Crippen molar-refractivity contribution in [1.82, 2.24) is 9.88 Å². The van der Waals surface area contributed by atoms with Gasteiger partial charge in [0.05, 0.1) is 37.4 Å². The van der Waals surface area contributed by atoms with Crippen molar-refractivity contribution < 1.29 is 4.57 Å². The molecule has 1 aromatic carbocycles. The number of benzene rings is 1.